The van der Waals surface area contributed by atoms with Gasteiger partial charge in [0.2, 0.25) is 0 Å². The van der Waals surface area contributed by atoms with Crippen LogP contribution in [0.5, 0.6) is 5.75 Å². The maximum absolute atomic E-state index is 12.9. The molecule has 0 aliphatic rings. The number of nitrogens with zero attached hydrogens (tertiary/aromatic N) is 6. The zero-order valence-corrected chi connectivity index (χ0v) is 15.6. The molecular weight excluding hydrogens is 368 g/mol. The Labute approximate surface area is 165 Å². The van der Waals surface area contributed by atoms with Gasteiger partial charge in [-0.05, 0) is 23.3 Å². The average molecular weight is 384 g/mol. The van der Waals surface area contributed by atoms with Crippen LogP contribution in [0, 0.1) is 0 Å². The topological polar surface area (TPSA) is 87.2 Å². The Morgan fingerprint density at radius 3 is 2.52 bits per heavy atom. The molecule has 0 aliphatic heterocycles. The molecule has 0 saturated heterocycles. The van der Waals surface area contributed by atoms with Gasteiger partial charge in [0, 0.05) is 5.56 Å². The van der Waals surface area contributed by atoms with Crippen LogP contribution in [0.1, 0.15) is 5.56 Å². The molecule has 0 bridgehead atoms. The van der Waals surface area contributed by atoms with Gasteiger partial charge < -0.3 is 4.74 Å². The molecular formula is C21H16N6O2. The van der Waals surface area contributed by atoms with Crippen molar-refractivity contribution in [1.29, 1.82) is 0 Å². The lowest BCUT2D eigenvalue weighted by atomic mass is 10.1. The molecule has 0 unspecified atom stereocenters. The average Bonchev–Trinajstić information content (AvgIpc) is 3.21. The zero-order chi connectivity index (χ0) is 19.8. The van der Waals surface area contributed by atoms with Gasteiger partial charge in [-0.3, -0.25) is 9.36 Å². The number of fused-ring (bicyclic) bond motifs is 3. The van der Waals surface area contributed by atoms with Gasteiger partial charge in [0.25, 0.3) is 5.56 Å². The van der Waals surface area contributed by atoms with E-state index < -0.39 is 0 Å². The van der Waals surface area contributed by atoms with E-state index in [1.54, 1.807) is 17.8 Å². The lowest BCUT2D eigenvalue weighted by molar-refractivity contribution is 0.414. The number of benzene rings is 2. The quantitative estimate of drug-likeness (QED) is 0.473. The predicted octanol–water partition coefficient (Wildman–Crippen LogP) is 2.56. The largest absolute Gasteiger partial charge is 0.497 e. The third-order valence-corrected chi connectivity index (χ3v) is 4.78. The van der Waals surface area contributed by atoms with Gasteiger partial charge in [0.1, 0.15) is 12.1 Å². The van der Waals surface area contributed by atoms with Gasteiger partial charge in [-0.1, -0.05) is 42.5 Å². The summed E-state index contributed by atoms with van der Waals surface area (Å²) in [6, 6.07) is 17.3. The minimum absolute atomic E-state index is 0.177. The fourth-order valence-corrected chi connectivity index (χ4v) is 3.26. The van der Waals surface area contributed by atoms with Crippen molar-refractivity contribution >= 4 is 16.8 Å². The lowest BCUT2D eigenvalue weighted by Gasteiger charge is -2.07. The Bertz CT molecular complexity index is 1370. The van der Waals surface area contributed by atoms with E-state index >= 15 is 0 Å². The summed E-state index contributed by atoms with van der Waals surface area (Å²) in [6.45, 7) is 0.375. The maximum Gasteiger partial charge on any atom is 0.283 e. The summed E-state index contributed by atoms with van der Waals surface area (Å²) in [5, 5.41) is 12.8. The molecule has 5 rings (SSSR count). The number of rotatable bonds is 4. The summed E-state index contributed by atoms with van der Waals surface area (Å²) in [4.78, 5) is 17.4. The van der Waals surface area contributed by atoms with Crippen LogP contribution in [-0.4, -0.2) is 36.5 Å². The van der Waals surface area contributed by atoms with Gasteiger partial charge >= 0.3 is 0 Å². The summed E-state index contributed by atoms with van der Waals surface area (Å²) in [5.74, 6) is 0.763. The molecule has 0 saturated carbocycles. The van der Waals surface area contributed by atoms with Crippen molar-refractivity contribution in [2.45, 2.75) is 6.54 Å². The second kappa shape index (κ2) is 6.83. The Balaban J connectivity index is 1.59. The van der Waals surface area contributed by atoms with Crippen molar-refractivity contribution in [1.82, 2.24) is 29.4 Å². The normalized spacial score (nSPS) is 11.2. The van der Waals surface area contributed by atoms with Crippen molar-refractivity contribution < 1.29 is 4.74 Å². The Morgan fingerprint density at radius 2 is 1.76 bits per heavy atom. The van der Waals surface area contributed by atoms with Crippen LogP contribution < -0.4 is 10.3 Å². The summed E-state index contributed by atoms with van der Waals surface area (Å²) in [6.07, 6.45) is 3.23. The standard InChI is InChI=1S/C21H16N6O2/c1-29-16-9-7-14(8-10-16)12-26-13-22-20-18(21(26)28)24-25-19-17(11-23-27(19)20)15-5-3-2-4-6-15/h2-11,13H,12H2,1H3. The molecule has 142 valence electrons. The number of hydrogen-bond donors (Lipinski definition) is 0. The third-order valence-electron chi connectivity index (χ3n) is 4.78. The van der Waals surface area contributed by atoms with Crippen molar-refractivity contribution in [2.24, 2.45) is 0 Å². The van der Waals surface area contributed by atoms with Gasteiger partial charge in [-0.25, -0.2) is 4.98 Å². The second-order valence-electron chi connectivity index (χ2n) is 6.56. The first-order valence-corrected chi connectivity index (χ1v) is 9.02. The van der Waals surface area contributed by atoms with E-state index in [4.69, 9.17) is 4.74 Å². The predicted molar refractivity (Wildman–Crippen MR) is 108 cm³/mol. The Hall–Kier alpha value is -4.07. The van der Waals surface area contributed by atoms with E-state index in [0.29, 0.717) is 17.8 Å². The van der Waals surface area contributed by atoms with E-state index in [-0.39, 0.29) is 11.1 Å². The fourth-order valence-electron chi connectivity index (χ4n) is 3.26. The number of hydrogen-bond acceptors (Lipinski definition) is 6. The zero-order valence-electron chi connectivity index (χ0n) is 15.6. The highest BCUT2D eigenvalue weighted by Crippen LogP contribution is 2.23. The van der Waals surface area contributed by atoms with Crippen LogP contribution in [0.25, 0.3) is 27.9 Å². The third kappa shape index (κ3) is 2.91. The Morgan fingerprint density at radius 1 is 0.966 bits per heavy atom. The highest BCUT2D eigenvalue weighted by atomic mass is 16.5. The maximum atomic E-state index is 12.9. The highest BCUT2D eigenvalue weighted by Gasteiger charge is 2.15. The molecule has 2 aromatic carbocycles. The summed E-state index contributed by atoms with van der Waals surface area (Å²) in [5.41, 5.74) is 3.62. The number of methoxy groups -OCH3 is 1. The molecule has 0 aliphatic carbocycles. The van der Waals surface area contributed by atoms with Gasteiger partial charge in [-0.15, -0.1) is 10.2 Å². The number of ether oxygens (including phenoxy) is 1. The van der Waals surface area contributed by atoms with Crippen molar-refractivity contribution in [3.63, 3.8) is 0 Å². The minimum atomic E-state index is -0.267. The monoisotopic (exact) mass is 384 g/mol. The summed E-state index contributed by atoms with van der Waals surface area (Å²) < 4.78 is 8.23. The second-order valence-corrected chi connectivity index (χ2v) is 6.56. The minimum Gasteiger partial charge on any atom is -0.497 e. The van der Waals surface area contributed by atoms with Crippen molar-refractivity contribution in [3.8, 4) is 16.9 Å². The summed E-state index contributed by atoms with van der Waals surface area (Å²) in [7, 11) is 1.62. The molecule has 0 amide bonds. The smallest absolute Gasteiger partial charge is 0.283 e. The van der Waals surface area contributed by atoms with Crippen molar-refractivity contribution in [2.75, 3.05) is 7.11 Å². The van der Waals surface area contributed by atoms with Crippen LogP contribution in [-0.2, 0) is 6.54 Å². The molecule has 0 radical (unpaired) electrons. The molecule has 0 fully saturated rings. The molecule has 3 heterocycles. The van der Waals surface area contributed by atoms with Crippen LogP contribution in [0.3, 0.4) is 0 Å². The SMILES string of the molecule is COc1ccc(Cn2cnc3c(nnc4c(-c5ccccc5)cnn43)c2=O)cc1. The van der Waals surface area contributed by atoms with E-state index in [2.05, 4.69) is 20.3 Å². The molecule has 0 N–H and O–H groups in total. The van der Waals surface area contributed by atoms with Gasteiger partial charge in [0.15, 0.2) is 16.8 Å². The first kappa shape index (κ1) is 17.1. The van der Waals surface area contributed by atoms with Crippen LogP contribution in [0.4, 0.5) is 0 Å². The van der Waals surface area contributed by atoms with Crippen LogP contribution in [0.15, 0.2) is 71.9 Å². The van der Waals surface area contributed by atoms with E-state index in [0.717, 1.165) is 22.4 Å². The van der Waals surface area contributed by atoms with Crippen LogP contribution >= 0.6 is 0 Å². The van der Waals surface area contributed by atoms with E-state index in [9.17, 15) is 4.79 Å². The highest BCUT2D eigenvalue weighted by molar-refractivity contribution is 5.80. The van der Waals surface area contributed by atoms with Crippen molar-refractivity contribution in [3.05, 3.63) is 83.0 Å². The van der Waals surface area contributed by atoms with E-state index in [1.165, 1.54) is 10.9 Å². The molecule has 0 spiro atoms. The molecule has 8 nitrogen and oxygen atoms in total. The summed E-state index contributed by atoms with van der Waals surface area (Å²) >= 11 is 0. The van der Waals surface area contributed by atoms with Gasteiger partial charge in [0.05, 0.1) is 19.9 Å². The van der Waals surface area contributed by atoms with Gasteiger partial charge in [-0.2, -0.15) is 9.61 Å². The molecule has 8 heteroatoms. The lowest BCUT2D eigenvalue weighted by Crippen LogP contribution is -2.23. The first-order chi connectivity index (χ1) is 14.2. The molecule has 5 aromatic rings. The Kier molecular flexibility index (Phi) is 4.02. The number of aromatic nitrogens is 6. The molecule has 29 heavy (non-hydrogen) atoms. The fraction of sp³-hybridized carbons (Fsp3) is 0.0952. The molecule has 3 aromatic heterocycles. The molecule has 0 atom stereocenters. The van der Waals surface area contributed by atoms with E-state index in [1.807, 2.05) is 54.6 Å². The van der Waals surface area contributed by atoms with Crippen LogP contribution in [0.2, 0.25) is 0 Å². The first-order valence-electron chi connectivity index (χ1n) is 9.02.